The van der Waals surface area contributed by atoms with Gasteiger partial charge in [-0.05, 0) is 124 Å². The molecule has 1 saturated carbocycles. The van der Waals surface area contributed by atoms with E-state index in [1.165, 1.54) is 6.42 Å². The van der Waals surface area contributed by atoms with Crippen LogP contribution >= 0.6 is 0 Å². The molecule has 1 spiro atoms. The molecule has 5 heterocycles. The van der Waals surface area contributed by atoms with E-state index in [1.54, 1.807) is 56.4 Å². The number of hydrogen-bond acceptors (Lipinski definition) is 11. The molecule has 0 unspecified atom stereocenters. The molecule has 14 heteroatoms. The van der Waals surface area contributed by atoms with E-state index in [0.717, 1.165) is 96.8 Å². The number of piperidine rings is 2. The van der Waals surface area contributed by atoms with Gasteiger partial charge in [0.05, 0.1) is 42.4 Å². The lowest BCUT2D eigenvalue weighted by atomic mass is 9.62. The van der Waals surface area contributed by atoms with Crippen LogP contribution in [0.15, 0.2) is 59.8 Å². The number of aromatic nitrogens is 2. The quantitative estimate of drug-likeness (QED) is 0.150. The number of imide groups is 2. The second-order valence-electron chi connectivity index (χ2n) is 16.4. The summed E-state index contributed by atoms with van der Waals surface area (Å²) < 4.78 is 19.7. The number of nitrogens with zero attached hydrogens (tertiary/aromatic N) is 5. The van der Waals surface area contributed by atoms with Gasteiger partial charge in [0, 0.05) is 50.7 Å². The molecule has 4 aliphatic rings. The van der Waals surface area contributed by atoms with Gasteiger partial charge in [0.25, 0.3) is 17.4 Å². The third-order valence-electron chi connectivity index (χ3n) is 12.4. The third kappa shape index (κ3) is 7.46. The Morgan fingerprint density at radius 2 is 1.69 bits per heavy atom. The van der Waals surface area contributed by atoms with Crippen molar-refractivity contribution in [3.05, 3.63) is 82.0 Å². The number of likely N-dealkylation sites (tertiary alicyclic amines) is 1. The van der Waals surface area contributed by atoms with Crippen LogP contribution in [-0.2, 0) is 23.2 Å². The van der Waals surface area contributed by atoms with Gasteiger partial charge < -0.3 is 28.6 Å². The van der Waals surface area contributed by atoms with Crippen molar-refractivity contribution < 1.29 is 33.4 Å². The van der Waals surface area contributed by atoms with E-state index in [0.29, 0.717) is 17.7 Å². The average Bonchev–Trinajstić information content (AvgIpc) is 3.45. The SMILES string of the molecule is COc1cc(-c2cn(C)c(=O)c3cnccc23)cc(OC)c1CN(C)CCCCN1CCCC2(CC(Oc3ccc4c(c3)C(=O)N([C@H]3CCC(=O)NC3=O)C4=O)C2)C1. The lowest BCUT2D eigenvalue weighted by Gasteiger charge is -2.52. The monoisotopic (exact) mass is 790 g/mol. The summed E-state index contributed by atoms with van der Waals surface area (Å²) in [5.74, 6) is -0.0594. The molecule has 3 aliphatic heterocycles. The van der Waals surface area contributed by atoms with E-state index >= 15 is 0 Å². The molecule has 2 aromatic carbocycles. The van der Waals surface area contributed by atoms with Crippen molar-refractivity contribution in [2.45, 2.75) is 70.1 Å². The molecule has 304 valence electrons. The fraction of sp³-hybridized carbons (Fsp3) is 0.455. The second-order valence-corrected chi connectivity index (χ2v) is 16.4. The zero-order valence-corrected chi connectivity index (χ0v) is 33.5. The van der Waals surface area contributed by atoms with Gasteiger partial charge in [0.2, 0.25) is 11.8 Å². The van der Waals surface area contributed by atoms with E-state index < -0.39 is 29.7 Å². The number of hydrogen-bond donors (Lipinski definition) is 1. The van der Waals surface area contributed by atoms with Gasteiger partial charge in [-0.15, -0.1) is 0 Å². The fourth-order valence-electron chi connectivity index (χ4n) is 9.44. The van der Waals surface area contributed by atoms with Crippen molar-refractivity contribution in [3.63, 3.8) is 0 Å². The first-order chi connectivity index (χ1) is 28.0. The number of ether oxygens (including phenoxy) is 3. The predicted octanol–water partition coefficient (Wildman–Crippen LogP) is 4.55. The van der Waals surface area contributed by atoms with Crippen LogP contribution < -0.4 is 25.1 Å². The first kappa shape index (κ1) is 39.2. The topological polar surface area (TPSA) is 153 Å². The summed E-state index contributed by atoms with van der Waals surface area (Å²) in [5, 5.41) is 3.62. The Morgan fingerprint density at radius 1 is 0.931 bits per heavy atom. The molecule has 3 fully saturated rings. The van der Waals surface area contributed by atoms with Gasteiger partial charge in [-0.25, -0.2) is 0 Å². The first-order valence-electron chi connectivity index (χ1n) is 20.1. The maximum atomic E-state index is 13.3. The normalized spacial score (nSPS) is 22.1. The number of carbonyl (C=O) groups is 4. The molecule has 1 atom stereocenters. The molecule has 0 radical (unpaired) electrons. The van der Waals surface area contributed by atoms with Gasteiger partial charge in [-0.1, -0.05) is 0 Å². The molecule has 4 aromatic rings. The van der Waals surface area contributed by atoms with E-state index in [4.69, 9.17) is 14.2 Å². The highest BCUT2D eigenvalue weighted by Gasteiger charge is 2.48. The number of rotatable bonds is 13. The van der Waals surface area contributed by atoms with Gasteiger partial charge in [-0.2, -0.15) is 0 Å². The number of pyridine rings is 2. The second kappa shape index (κ2) is 16.0. The van der Waals surface area contributed by atoms with Gasteiger partial charge >= 0.3 is 0 Å². The summed E-state index contributed by atoms with van der Waals surface area (Å²) in [5.41, 5.74) is 3.38. The van der Waals surface area contributed by atoms with Crippen LogP contribution in [0.2, 0.25) is 0 Å². The summed E-state index contributed by atoms with van der Waals surface area (Å²) >= 11 is 0. The average molecular weight is 791 g/mol. The molecular formula is C44H50N6O8. The molecule has 58 heavy (non-hydrogen) atoms. The van der Waals surface area contributed by atoms with Crippen LogP contribution in [0.4, 0.5) is 0 Å². The van der Waals surface area contributed by atoms with E-state index in [9.17, 15) is 24.0 Å². The maximum Gasteiger partial charge on any atom is 0.262 e. The Morgan fingerprint density at radius 3 is 2.43 bits per heavy atom. The van der Waals surface area contributed by atoms with Crippen molar-refractivity contribution in [1.82, 2.24) is 29.6 Å². The Bertz CT molecular complexity index is 2330. The Balaban J connectivity index is 0.819. The molecule has 1 N–H and O–H groups in total. The van der Waals surface area contributed by atoms with Gasteiger partial charge in [0.1, 0.15) is 23.3 Å². The number of benzene rings is 2. The highest BCUT2D eigenvalue weighted by Crippen LogP contribution is 2.49. The molecule has 0 bridgehead atoms. The molecule has 14 nitrogen and oxygen atoms in total. The number of unbranched alkanes of at least 4 members (excludes halogenated alkanes) is 1. The fourth-order valence-corrected chi connectivity index (χ4v) is 9.44. The van der Waals surface area contributed by atoms with Gasteiger partial charge in [-0.3, -0.25) is 39.2 Å². The lowest BCUT2D eigenvalue weighted by molar-refractivity contribution is -0.136. The minimum Gasteiger partial charge on any atom is -0.496 e. The zero-order chi connectivity index (χ0) is 40.7. The summed E-state index contributed by atoms with van der Waals surface area (Å²) in [7, 11) is 7.21. The first-order valence-corrected chi connectivity index (χ1v) is 20.1. The van der Waals surface area contributed by atoms with Gasteiger partial charge in [0.15, 0.2) is 0 Å². The summed E-state index contributed by atoms with van der Waals surface area (Å²) in [4.78, 5) is 73.2. The van der Waals surface area contributed by atoms with E-state index in [-0.39, 0.29) is 41.0 Å². The van der Waals surface area contributed by atoms with Crippen LogP contribution in [0.3, 0.4) is 0 Å². The molecular weight excluding hydrogens is 741 g/mol. The number of methoxy groups -OCH3 is 2. The number of fused-ring (bicyclic) bond motifs is 2. The number of carbonyl (C=O) groups excluding carboxylic acids is 4. The number of nitrogens with one attached hydrogen (secondary N) is 1. The van der Waals surface area contributed by atoms with Crippen LogP contribution in [0.1, 0.15) is 77.6 Å². The third-order valence-corrected chi connectivity index (χ3v) is 12.4. The lowest BCUT2D eigenvalue weighted by Crippen LogP contribution is -2.54. The Labute approximate surface area is 337 Å². The molecule has 8 rings (SSSR count). The minimum absolute atomic E-state index is 0.0335. The Kier molecular flexibility index (Phi) is 10.8. The van der Waals surface area contributed by atoms with Crippen LogP contribution in [-0.4, -0.2) is 107 Å². The number of amides is 4. The smallest absolute Gasteiger partial charge is 0.262 e. The summed E-state index contributed by atoms with van der Waals surface area (Å²) in [6.07, 6.45) is 11.7. The van der Waals surface area contributed by atoms with Crippen molar-refractivity contribution in [1.29, 1.82) is 0 Å². The van der Waals surface area contributed by atoms with Crippen LogP contribution in [0.5, 0.6) is 17.2 Å². The zero-order valence-electron chi connectivity index (χ0n) is 33.5. The van der Waals surface area contributed by atoms with Crippen LogP contribution in [0, 0.1) is 5.41 Å². The van der Waals surface area contributed by atoms with Crippen molar-refractivity contribution >= 4 is 34.4 Å². The summed E-state index contributed by atoms with van der Waals surface area (Å²) in [6.45, 7) is 4.75. The predicted molar refractivity (Wildman–Crippen MR) is 216 cm³/mol. The van der Waals surface area contributed by atoms with Crippen molar-refractivity contribution in [2.75, 3.05) is 47.4 Å². The Hall–Kier alpha value is -5.60. The highest BCUT2D eigenvalue weighted by molar-refractivity contribution is 6.23. The summed E-state index contributed by atoms with van der Waals surface area (Å²) in [6, 6.07) is 9.85. The molecule has 2 saturated heterocycles. The molecule has 2 aromatic heterocycles. The van der Waals surface area contributed by atoms with Crippen LogP contribution in [0.25, 0.3) is 21.9 Å². The standard InChI is InChI=1S/C44H50N6O8/c1-47(24-35-37(56-3)18-27(19-38(35)57-4)34-25-48(2)41(53)33-23-45-14-12-30(33)34)15-5-6-16-49-17-7-13-44(26-49)21-29(22-44)58-28-8-9-31-32(20-28)43(55)50(42(31)54)36-10-11-39(51)46-40(36)52/h8-9,12,14,18-20,23,25,29,36H,5-7,10-11,13,15-17,21-22,24,26H2,1-4H3,(H,46,51,52)/t29?,36-,44?/m0/s1. The maximum absolute atomic E-state index is 13.3. The molecule has 4 amide bonds. The van der Waals surface area contributed by atoms with Crippen molar-refractivity contribution in [2.24, 2.45) is 12.5 Å². The molecule has 1 aliphatic carbocycles. The van der Waals surface area contributed by atoms with Crippen molar-refractivity contribution in [3.8, 4) is 28.4 Å². The highest BCUT2D eigenvalue weighted by atomic mass is 16.5. The number of aryl methyl sites for hydroxylation is 1. The van der Waals surface area contributed by atoms with E-state index in [1.807, 2.05) is 24.4 Å². The van der Waals surface area contributed by atoms with E-state index in [2.05, 4.69) is 27.1 Å². The largest absolute Gasteiger partial charge is 0.496 e. The minimum atomic E-state index is -0.991.